The lowest BCUT2D eigenvalue weighted by Crippen LogP contribution is -2.47. The highest BCUT2D eigenvalue weighted by atomic mass is 16.2. The minimum Gasteiger partial charge on any atom is -0.348 e. The molecular formula is C23H26N4O2. The van der Waals surface area contributed by atoms with Gasteiger partial charge >= 0.3 is 5.69 Å². The Morgan fingerprint density at radius 3 is 2.59 bits per heavy atom. The highest BCUT2D eigenvalue weighted by Crippen LogP contribution is 2.15. The van der Waals surface area contributed by atoms with Gasteiger partial charge in [-0.1, -0.05) is 30.3 Å². The summed E-state index contributed by atoms with van der Waals surface area (Å²) < 4.78 is 1.59. The van der Waals surface area contributed by atoms with Crippen molar-refractivity contribution in [2.24, 2.45) is 0 Å². The highest BCUT2D eigenvalue weighted by Gasteiger charge is 2.22. The van der Waals surface area contributed by atoms with E-state index in [2.05, 4.69) is 39.5 Å². The van der Waals surface area contributed by atoms with Gasteiger partial charge in [-0.3, -0.25) is 14.3 Å². The molecule has 29 heavy (non-hydrogen) atoms. The Morgan fingerprint density at radius 1 is 1.14 bits per heavy atom. The Labute approximate surface area is 170 Å². The van der Waals surface area contributed by atoms with Crippen molar-refractivity contribution in [3.63, 3.8) is 0 Å². The van der Waals surface area contributed by atoms with Crippen LogP contribution in [0.4, 0.5) is 0 Å². The Bertz CT molecular complexity index is 1020. The summed E-state index contributed by atoms with van der Waals surface area (Å²) in [4.78, 5) is 29.7. The molecule has 1 atom stereocenters. The molecule has 1 unspecified atom stereocenters. The molecule has 2 N–H and O–H groups in total. The van der Waals surface area contributed by atoms with Gasteiger partial charge < -0.3 is 10.3 Å². The van der Waals surface area contributed by atoms with Crippen LogP contribution < -0.4 is 11.0 Å². The summed E-state index contributed by atoms with van der Waals surface area (Å²) in [6.07, 6.45) is 3.74. The number of amides is 1. The molecule has 1 aliphatic rings. The first-order valence-corrected chi connectivity index (χ1v) is 10.0. The average Bonchev–Trinajstić information content (AvgIpc) is 3.07. The minimum atomic E-state index is -0.180. The molecule has 3 aromatic rings. The Kier molecular flexibility index (Phi) is 5.62. The van der Waals surface area contributed by atoms with Gasteiger partial charge in [0.2, 0.25) is 0 Å². The number of carbonyl (C=O) groups is 1. The standard InChI is InChI=1S/C23H26N4O2/c1-17-14-24-23(29)27(17)21-11-9-19(10-12-21)22(28)25-20-8-5-13-26(16-20)15-18-6-3-2-4-7-18/h2-4,6-7,9-12,14,20H,5,8,13,15-16H2,1H3,(H,24,29)(H,25,28). The number of nitrogens with zero attached hydrogens (tertiary/aromatic N) is 2. The fourth-order valence-corrected chi connectivity index (χ4v) is 3.97. The number of carbonyl (C=O) groups excluding carboxylic acids is 1. The van der Waals surface area contributed by atoms with Crippen LogP contribution in [0.15, 0.2) is 65.6 Å². The predicted octanol–water partition coefficient (Wildman–Crippen LogP) is 2.87. The topological polar surface area (TPSA) is 70.1 Å². The third kappa shape index (κ3) is 4.49. The zero-order valence-corrected chi connectivity index (χ0v) is 16.6. The van der Waals surface area contributed by atoms with E-state index in [9.17, 15) is 9.59 Å². The summed E-state index contributed by atoms with van der Waals surface area (Å²) in [5.41, 5.74) is 3.30. The average molecular weight is 390 g/mol. The van der Waals surface area contributed by atoms with Crippen LogP contribution in [0.1, 0.15) is 34.5 Å². The molecule has 1 amide bonds. The Morgan fingerprint density at radius 2 is 1.90 bits per heavy atom. The number of nitrogens with one attached hydrogen (secondary N) is 2. The van der Waals surface area contributed by atoms with Crippen molar-refractivity contribution in [2.75, 3.05) is 13.1 Å². The monoisotopic (exact) mass is 390 g/mol. The second-order valence-electron chi connectivity index (χ2n) is 7.65. The van der Waals surface area contributed by atoms with Gasteiger partial charge in [0.1, 0.15) is 0 Å². The van der Waals surface area contributed by atoms with E-state index in [1.165, 1.54) is 5.56 Å². The lowest BCUT2D eigenvalue weighted by molar-refractivity contribution is 0.0901. The maximum atomic E-state index is 12.7. The quantitative estimate of drug-likeness (QED) is 0.704. The SMILES string of the molecule is Cc1c[nH]c(=O)n1-c1ccc(C(=O)NC2CCCN(Cc3ccccc3)C2)cc1. The van der Waals surface area contributed by atoms with Crippen LogP contribution in [0, 0.1) is 6.92 Å². The van der Waals surface area contributed by atoms with Crippen molar-refractivity contribution in [1.29, 1.82) is 0 Å². The number of benzene rings is 2. The Balaban J connectivity index is 1.38. The lowest BCUT2D eigenvalue weighted by atomic mass is 10.0. The molecule has 0 saturated carbocycles. The lowest BCUT2D eigenvalue weighted by Gasteiger charge is -2.33. The number of likely N-dealkylation sites (tertiary alicyclic amines) is 1. The van der Waals surface area contributed by atoms with Crippen molar-refractivity contribution in [3.8, 4) is 5.69 Å². The molecule has 6 heteroatoms. The zero-order chi connectivity index (χ0) is 20.2. The minimum absolute atomic E-state index is 0.0683. The predicted molar refractivity (Wildman–Crippen MR) is 113 cm³/mol. The second kappa shape index (κ2) is 8.49. The van der Waals surface area contributed by atoms with E-state index in [1.54, 1.807) is 35.0 Å². The molecule has 1 fully saturated rings. The molecule has 0 spiro atoms. The molecule has 0 aliphatic carbocycles. The van der Waals surface area contributed by atoms with E-state index >= 15 is 0 Å². The summed E-state index contributed by atoms with van der Waals surface area (Å²) in [7, 11) is 0. The maximum Gasteiger partial charge on any atom is 0.330 e. The molecule has 1 aliphatic heterocycles. The molecule has 0 bridgehead atoms. The van der Waals surface area contributed by atoms with Gasteiger partial charge in [-0.15, -0.1) is 0 Å². The van der Waals surface area contributed by atoms with Crippen molar-refractivity contribution in [1.82, 2.24) is 19.8 Å². The zero-order valence-electron chi connectivity index (χ0n) is 16.6. The van der Waals surface area contributed by atoms with Crippen LogP contribution in [-0.2, 0) is 6.54 Å². The van der Waals surface area contributed by atoms with Gasteiger partial charge in [0.05, 0.1) is 5.69 Å². The molecular weight excluding hydrogens is 364 g/mol. The molecule has 2 aromatic carbocycles. The van der Waals surface area contributed by atoms with E-state index in [0.717, 1.165) is 43.9 Å². The van der Waals surface area contributed by atoms with Crippen LogP contribution in [0.25, 0.3) is 5.69 Å². The molecule has 6 nitrogen and oxygen atoms in total. The number of aromatic amines is 1. The van der Waals surface area contributed by atoms with E-state index in [-0.39, 0.29) is 17.6 Å². The third-order valence-corrected chi connectivity index (χ3v) is 5.44. The second-order valence-corrected chi connectivity index (χ2v) is 7.65. The van der Waals surface area contributed by atoms with Crippen molar-refractivity contribution >= 4 is 5.91 Å². The Hall–Kier alpha value is -3.12. The van der Waals surface area contributed by atoms with E-state index < -0.39 is 0 Å². The first-order chi connectivity index (χ1) is 14.1. The number of hydrogen-bond donors (Lipinski definition) is 2. The van der Waals surface area contributed by atoms with Crippen LogP contribution in [0.2, 0.25) is 0 Å². The van der Waals surface area contributed by atoms with E-state index in [1.807, 2.05) is 13.0 Å². The number of piperidine rings is 1. The summed E-state index contributed by atoms with van der Waals surface area (Å²) in [6, 6.07) is 17.7. The largest absolute Gasteiger partial charge is 0.348 e. The van der Waals surface area contributed by atoms with Gasteiger partial charge in [-0.05, 0) is 56.1 Å². The first-order valence-electron chi connectivity index (χ1n) is 10.0. The van der Waals surface area contributed by atoms with E-state index in [4.69, 9.17) is 0 Å². The summed E-state index contributed by atoms with van der Waals surface area (Å²) >= 11 is 0. The molecule has 0 radical (unpaired) electrons. The van der Waals surface area contributed by atoms with Gasteiger partial charge in [0.25, 0.3) is 5.91 Å². The summed E-state index contributed by atoms with van der Waals surface area (Å²) in [5.74, 6) is -0.0683. The van der Waals surface area contributed by atoms with Gasteiger partial charge in [0, 0.05) is 36.6 Å². The highest BCUT2D eigenvalue weighted by molar-refractivity contribution is 5.94. The van der Waals surface area contributed by atoms with Crippen LogP contribution >= 0.6 is 0 Å². The number of aromatic nitrogens is 2. The number of rotatable bonds is 5. The smallest absolute Gasteiger partial charge is 0.330 e. The van der Waals surface area contributed by atoms with Crippen molar-refractivity contribution in [3.05, 3.63) is 88.1 Å². The molecule has 4 rings (SSSR count). The summed E-state index contributed by atoms with van der Waals surface area (Å²) in [5, 5.41) is 3.17. The summed E-state index contributed by atoms with van der Waals surface area (Å²) in [6.45, 7) is 4.69. The van der Waals surface area contributed by atoms with Crippen molar-refractivity contribution < 1.29 is 4.79 Å². The molecule has 150 valence electrons. The fraction of sp³-hybridized carbons (Fsp3) is 0.304. The van der Waals surface area contributed by atoms with Gasteiger partial charge in [-0.25, -0.2) is 4.79 Å². The van der Waals surface area contributed by atoms with Crippen LogP contribution in [0.3, 0.4) is 0 Å². The number of aryl methyl sites for hydroxylation is 1. The normalized spacial score (nSPS) is 17.2. The molecule has 1 aromatic heterocycles. The van der Waals surface area contributed by atoms with Crippen molar-refractivity contribution in [2.45, 2.75) is 32.4 Å². The maximum absolute atomic E-state index is 12.7. The van der Waals surface area contributed by atoms with Crippen LogP contribution in [0.5, 0.6) is 0 Å². The van der Waals surface area contributed by atoms with E-state index in [0.29, 0.717) is 5.56 Å². The van der Waals surface area contributed by atoms with Crippen LogP contribution in [-0.4, -0.2) is 39.5 Å². The molecule has 1 saturated heterocycles. The number of hydrogen-bond acceptors (Lipinski definition) is 3. The number of H-pyrrole nitrogens is 1. The van der Waals surface area contributed by atoms with Gasteiger partial charge in [0.15, 0.2) is 0 Å². The van der Waals surface area contributed by atoms with Gasteiger partial charge in [-0.2, -0.15) is 0 Å². The third-order valence-electron chi connectivity index (χ3n) is 5.44. The fourth-order valence-electron chi connectivity index (χ4n) is 3.97. The first kappa shape index (κ1) is 19.2. The number of imidazole rings is 1. The molecule has 2 heterocycles.